The Bertz CT molecular complexity index is 517. The predicted octanol–water partition coefficient (Wildman–Crippen LogP) is 0.801. The van der Waals surface area contributed by atoms with E-state index in [0.717, 1.165) is 8.61 Å². The van der Waals surface area contributed by atoms with Crippen LogP contribution in [0.5, 0.6) is 0 Å². The van der Waals surface area contributed by atoms with Crippen LogP contribution in [0.2, 0.25) is 0 Å². The van der Waals surface area contributed by atoms with Gasteiger partial charge in [0, 0.05) is 21.1 Å². The first-order valence-corrected chi connectivity index (χ1v) is 5.96. The predicted molar refractivity (Wildman–Crippen MR) is 62.2 cm³/mol. The fourth-order valence-corrected chi connectivity index (χ4v) is 2.02. The molecule has 16 heavy (non-hydrogen) atoms. The van der Waals surface area contributed by atoms with Gasteiger partial charge in [-0.1, -0.05) is 6.07 Å². The third-order valence-electron chi connectivity index (χ3n) is 2.15. The second kappa shape index (κ2) is 4.51. The highest BCUT2D eigenvalue weighted by molar-refractivity contribution is 7.90. The Labute approximate surface area is 95.7 Å². The van der Waals surface area contributed by atoms with Crippen molar-refractivity contribution in [2.45, 2.75) is 0 Å². The normalized spacial score (nSPS) is 11.2. The molecule has 1 rings (SSSR count). The zero-order chi connectivity index (χ0) is 12.3. The Balaban J connectivity index is 3.16. The van der Waals surface area contributed by atoms with Gasteiger partial charge < -0.3 is 0 Å². The smallest absolute Gasteiger partial charge is 0.261 e. The lowest BCUT2D eigenvalue weighted by Crippen LogP contribution is -2.37. The molecule has 0 saturated carbocycles. The molecule has 0 spiro atoms. The summed E-state index contributed by atoms with van der Waals surface area (Å²) in [4.78, 5) is 0. The lowest BCUT2D eigenvalue weighted by Gasteiger charge is -2.23. The average Bonchev–Trinajstić information content (AvgIpc) is 2.27. The second-order valence-electron chi connectivity index (χ2n) is 3.42. The Morgan fingerprint density at radius 3 is 2.38 bits per heavy atom. The van der Waals surface area contributed by atoms with Crippen molar-refractivity contribution in [2.24, 2.45) is 0 Å². The zero-order valence-corrected chi connectivity index (χ0v) is 10.2. The molecule has 0 radical (unpaired) electrons. The summed E-state index contributed by atoms with van der Waals surface area (Å²) in [6.07, 6.45) is 0. The first-order valence-electron chi connectivity index (χ1n) is 4.56. The largest absolute Gasteiger partial charge is 0.303 e. The van der Waals surface area contributed by atoms with E-state index in [2.05, 4.69) is 0 Å². The van der Waals surface area contributed by atoms with Gasteiger partial charge in [-0.3, -0.25) is 4.31 Å². The highest BCUT2D eigenvalue weighted by Gasteiger charge is 2.20. The van der Waals surface area contributed by atoms with Gasteiger partial charge in [-0.2, -0.15) is 18.0 Å². The van der Waals surface area contributed by atoms with E-state index in [4.69, 9.17) is 5.26 Å². The van der Waals surface area contributed by atoms with E-state index in [1.165, 1.54) is 27.2 Å². The molecule has 1 aromatic rings. The number of anilines is 1. The van der Waals surface area contributed by atoms with E-state index in [0.29, 0.717) is 11.3 Å². The van der Waals surface area contributed by atoms with Crippen LogP contribution in [0.1, 0.15) is 5.56 Å². The molecule has 0 N–H and O–H groups in total. The fraction of sp³-hybridized carbons (Fsp3) is 0.300. The number of nitriles is 1. The molecule has 0 unspecified atom stereocenters. The van der Waals surface area contributed by atoms with Crippen molar-refractivity contribution < 1.29 is 8.42 Å². The summed E-state index contributed by atoms with van der Waals surface area (Å²) < 4.78 is 25.8. The molecule has 0 aromatic heterocycles. The van der Waals surface area contributed by atoms with Crippen LogP contribution in [0.4, 0.5) is 5.69 Å². The number of nitrogens with zero attached hydrogens (tertiary/aromatic N) is 3. The second-order valence-corrected chi connectivity index (χ2v) is 5.59. The van der Waals surface area contributed by atoms with Gasteiger partial charge in [0.1, 0.15) is 0 Å². The number of benzene rings is 1. The van der Waals surface area contributed by atoms with Crippen LogP contribution in [-0.2, 0) is 10.2 Å². The molecule has 0 saturated heterocycles. The maximum absolute atomic E-state index is 11.8. The van der Waals surface area contributed by atoms with Gasteiger partial charge in [0.25, 0.3) is 0 Å². The molecule has 0 heterocycles. The molecule has 0 aliphatic rings. The molecule has 1 aromatic carbocycles. The summed E-state index contributed by atoms with van der Waals surface area (Å²) in [7, 11) is 0.869. The standard InChI is InChI=1S/C10H13N3O2S/c1-12(2)16(14,15)13(3)10-6-4-5-9(7-10)8-11/h4-7H,1-3H3. The van der Waals surface area contributed by atoms with Crippen molar-refractivity contribution in [3.63, 3.8) is 0 Å². The van der Waals surface area contributed by atoms with E-state index in [-0.39, 0.29) is 0 Å². The summed E-state index contributed by atoms with van der Waals surface area (Å²) >= 11 is 0. The maximum Gasteiger partial charge on any atom is 0.303 e. The Morgan fingerprint density at radius 2 is 1.88 bits per heavy atom. The molecule has 0 bridgehead atoms. The van der Waals surface area contributed by atoms with Gasteiger partial charge in [0.15, 0.2) is 0 Å². The monoisotopic (exact) mass is 239 g/mol. The number of hydrogen-bond donors (Lipinski definition) is 0. The van der Waals surface area contributed by atoms with Gasteiger partial charge in [-0.25, -0.2) is 0 Å². The van der Waals surface area contributed by atoms with Crippen LogP contribution in [0, 0.1) is 11.3 Å². The minimum absolute atomic E-state index is 0.429. The van der Waals surface area contributed by atoms with E-state index < -0.39 is 10.2 Å². The van der Waals surface area contributed by atoms with Gasteiger partial charge in [-0.05, 0) is 18.2 Å². The van der Waals surface area contributed by atoms with E-state index >= 15 is 0 Å². The molecule has 6 heteroatoms. The van der Waals surface area contributed by atoms with Crippen molar-refractivity contribution in [1.29, 1.82) is 5.26 Å². The lowest BCUT2D eigenvalue weighted by molar-refractivity contribution is 0.519. The van der Waals surface area contributed by atoms with Crippen LogP contribution < -0.4 is 4.31 Å². The van der Waals surface area contributed by atoms with E-state index in [9.17, 15) is 8.42 Å². The first-order chi connectivity index (χ1) is 7.39. The summed E-state index contributed by atoms with van der Waals surface area (Å²) in [6.45, 7) is 0. The zero-order valence-electron chi connectivity index (χ0n) is 9.38. The van der Waals surface area contributed by atoms with E-state index in [1.54, 1.807) is 18.2 Å². The molecule has 0 aliphatic carbocycles. The highest BCUT2D eigenvalue weighted by Crippen LogP contribution is 2.18. The van der Waals surface area contributed by atoms with Crippen molar-refractivity contribution in [3.05, 3.63) is 29.8 Å². The van der Waals surface area contributed by atoms with Crippen molar-refractivity contribution in [2.75, 3.05) is 25.4 Å². The summed E-state index contributed by atoms with van der Waals surface area (Å²) in [6, 6.07) is 8.41. The third kappa shape index (κ3) is 2.32. The highest BCUT2D eigenvalue weighted by atomic mass is 32.2. The van der Waals surface area contributed by atoms with Gasteiger partial charge >= 0.3 is 10.2 Å². The van der Waals surface area contributed by atoms with Gasteiger partial charge in [0.2, 0.25) is 0 Å². The third-order valence-corrected chi connectivity index (χ3v) is 3.97. The average molecular weight is 239 g/mol. The number of hydrogen-bond acceptors (Lipinski definition) is 3. The Hall–Kier alpha value is -1.58. The summed E-state index contributed by atoms with van der Waals surface area (Å²) in [5.74, 6) is 0. The minimum Gasteiger partial charge on any atom is -0.261 e. The van der Waals surface area contributed by atoms with Crippen LogP contribution >= 0.6 is 0 Å². The molecule has 0 fully saturated rings. The Morgan fingerprint density at radius 1 is 1.25 bits per heavy atom. The van der Waals surface area contributed by atoms with Gasteiger partial charge in [-0.15, -0.1) is 0 Å². The molecule has 5 nitrogen and oxygen atoms in total. The summed E-state index contributed by atoms with van der Waals surface area (Å²) in [5, 5.41) is 8.73. The lowest BCUT2D eigenvalue weighted by atomic mass is 10.2. The fourth-order valence-electron chi connectivity index (χ4n) is 1.15. The summed E-state index contributed by atoms with van der Waals surface area (Å²) in [5.41, 5.74) is 0.894. The topological polar surface area (TPSA) is 64.4 Å². The molecule has 0 atom stereocenters. The van der Waals surface area contributed by atoms with Crippen molar-refractivity contribution in [1.82, 2.24) is 4.31 Å². The maximum atomic E-state index is 11.8. The number of rotatable bonds is 3. The van der Waals surface area contributed by atoms with Crippen LogP contribution in [0.3, 0.4) is 0 Å². The molecule has 0 amide bonds. The van der Waals surface area contributed by atoms with Crippen LogP contribution in [0.15, 0.2) is 24.3 Å². The molecular formula is C10H13N3O2S. The van der Waals surface area contributed by atoms with Crippen molar-refractivity contribution in [3.8, 4) is 6.07 Å². The molecule has 0 aliphatic heterocycles. The van der Waals surface area contributed by atoms with Gasteiger partial charge in [0.05, 0.1) is 17.3 Å². The van der Waals surface area contributed by atoms with Crippen molar-refractivity contribution >= 4 is 15.9 Å². The SMILES string of the molecule is CN(C)S(=O)(=O)N(C)c1cccc(C#N)c1. The quantitative estimate of drug-likeness (QED) is 0.783. The van der Waals surface area contributed by atoms with Crippen LogP contribution in [-0.4, -0.2) is 33.9 Å². The Kier molecular flexibility index (Phi) is 3.52. The minimum atomic E-state index is -3.50. The van der Waals surface area contributed by atoms with E-state index in [1.807, 2.05) is 6.07 Å². The molecular weight excluding hydrogens is 226 g/mol. The molecule has 86 valence electrons. The van der Waals surface area contributed by atoms with Crippen LogP contribution in [0.25, 0.3) is 0 Å². The first kappa shape index (κ1) is 12.5.